The molecule has 0 saturated carbocycles. The van der Waals surface area contributed by atoms with E-state index in [1.807, 2.05) is 6.92 Å². The number of nitrogens with zero attached hydrogens (tertiary/aromatic N) is 1. The van der Waals surface area contributed by atoms with Crippen molar-refractivity contribution in [3.8, 4) is 0 Å². The number of carbonyl (C=O) groups is 1. The summed E-state index contributed by atoms with van der Waals surface area (Å²) in [5, 5.41) is 2.34. The molecule has 0 saturated heterocycles. The van der Waals surface area contributed by atoms with Gasteiger partial charge in [-0.15, -0.1) is 0 Å². The molecule has 7 heteroatoms. The van der Waals surface area contributed by atoms with Crippen LogP contribution in [0.15, 0.2) is 12.1 Å². The topological polar surface area (TPSA) is 42.0 Å². The zero-order valence-electron chi connectivity index (χ0n) is 9.64. The summed E-state index contributed by atoms with van der Waals surface area (Å²) in [5.74, 6) is -0.585. The van der Waals surface area contributed by atoms with E-state index < -0.39 is 25.0 Å². The summed E-state index contributed by atoms with van der Waals surface area (Å²) in [7, 11) is 0. The van der Waals surface area contributed by atoms with E-state index in [1.54, 1.807) is 0 Å². The van der Waals surface area contributed by atoms with Crippen molar-refractivity contribution in [2.45, 2.75) is 25.9 Å². The summed E-state index contributed by atoms with van der Waals surface area (Å²) in [6.45, 7) is 1.38. The number of hydrogen-bond donors (Lipinski definition) is 1. The van der Waals surface area contributed by atoms with Gasteiger partial charge < -0.3 is 5.32 Å². The van der Waals surface area contributed by atoms with E-state index in [9.17, 15) is 18.0 Å². The number of aromatic nitrogens is 1. The Morgan fingerprint density at radius 1 is 1.44 bits per heavy atom. The maximum atomic E-state index is 11.9. The van der Waals surface area contributed by atoms with E-state index >= 15 is 0 Å². The molecule has 100 valence electrons. The largest absolute Gasteiger partial charge is 0.390 e. The molecule has 0 aliphatic rings. The number of aryl methyl sites for hydroxylation is 1. The third kappa shape index (κ3) is 4.91. The molecule has 0 aliphatic carbocycles. The Labute approximate surface area is 107 Å². The normalized spacial score (nSPS) is 11.4. The van der Waals surface area contributed by atoms with Crippen LogP contribution >= 0.6 is 11.6 Å². The van der Waals surface area contributed by atoms with Gasteiger partial charge in [-0.25, -0.2) is 4.98 Å². The van der Waals surface area contributed by atoms with Gasteiger partial charge in [0, 0.05) is 17.8 Å². The molecule has 0 spiro atoms. The molecule has 1 amide bonds. The molecule has 0 bridgehead atoms. The van der Waals surface area contributed by atoms with Gasteiger partial charge in [0.05, 0.1) is 6.42 Å². The Kier molecular flexibility index (Phi) is 4.95. The molecule has 0 radical (unpaired) electrons. The molecule has 3 nitrogen and oxygen atoms in total. The molecule has 18 heavy (non-hydrogen) atoms. The summed E-state index contributed by atoms with van der Waals surface area (Å²) >= 11 is 5.71. The third-order valence-corrected chi connectivity index (χ3v) is 2.36. The Morgan fingerprint density at radius 2 is 2.11 bits per heavy atom. The van der Waals surface area contributed by atoms with Gasteiger partial charge in [0.1, 0.15) is 5.15 Å². The van der Waals surface area contributed by atoms with E-state index in [0.29, 0.717) is 12.1 Å². The molecule has 0 aliphatic heterocycles. The van der Waals surface area contributed by atoms with Gasteiger partial charge in [0.25, 0.3) is 5.91 Å². The number of nitrogens with one attached hydrogen (secondary N) is 1. The number of amides is 1. The molecular formula is C11H12ClF3N2O. The smallest absolute Gasteiger partial charge is 0.352 e. The van der Waals surface area contributed by atoms with Crippen LogP contribution in [0.3, 0.4) is 0 Å². The summed E-state index contributed by atoms with van der Waals surface area (Å²) in [4.78, 5) is 15.5. The highest BCUT2D eigenvalue weighted by Gasteiger charge is 2.26. The summed E-state index contributed by atoms with van der Waals surface area (Å²) in [6, 6.07) is 2.83. The van der Waals surface area contributed by atoms with E-state index in [0.717, 1.165) is 0 Å². The minimum atomic E-state index is -4.28. The molecule has 1 N–H and O–H groups in total. The van der Waals surface area contributed by atoms with Crippen LogP contribution in [0.4, 0.5) is 13.2 Å². The van der Waals surface area contributed by atoms with E-state index in [4.69, 9.17) is 11.6 Å². The van der Waals surface area contributed by atoms with Gasteiger partial charge in [-0.2, -0.15) is 13.2 Å². The van der Waals surface area contributed by atoms with Gasteiger partial charge in [-0.3, -0.25) is 4.79 Å². The second-order valence-corrected chi connectivity index (χ2v) is 4.03. The van der Waals surface area contributed by atoms with Gasteiger partial charge in [0.2, 0.25) is 0 Å². The van der Waals surface area contributed by atoms with E-state index in [1.165, 1.54) is 12.1 Å². The first kappa shape index (κ1) is 14.8. The van der Waals surface area contributed by atoms with Gasteiger partial charge in [0.15, 0.2) is 0 Å². The van der Waals surface area contributed by atoms with E-state index in [-0.39, 0.29) is 10.7 Å². The first-order valence-corrected chi connectivity index (χ1v) is 5.71. The molecule has 0 atom stereocenters. The predicted molar refractivity (Wildman–Crippen MR) is 61.6 cm³/mol. The predicted octanol–water partition coefficient (Wildman–Crippen LogP) is 2.98. The number of hydrogen-bond acceptors (Lipinski definition) is 2. The molecule has 0 aromatic carbocycles. The summed E-state index contributed by atoms with van der Waals surface area (Å²) in [5.41, 5.74) is 0.831. The highest BCUT2D eigenvalue weighted by Crippen LogP contribution is 2.18. The number of rotatable bonds is 4. The fraction of sp³-hybridized carbons (Fsp3) is 0.455. The highest BCUT2D eigenvalue weighted by atomic mass is 35.5. The maximum Gasteiger partial charge on any atom is 0.390 e. The quantitative estimate of drug-likeness (QED) is 0.862. The minimum absolute atomic E-state index is 0.148. The van der Waals surface area contributed by atoms with Crippen molar-refractivity contribution in [1.82, 2.24) is 10.3 Å². The first-order valence-electron chi connectivity index (χ1n) is 5.33. The highest BCUT2D eigenvalue weighted by molar-refractivity contribution is 6.29. The number of pyridine rings is 1. The van der Waals surface area contributed by atoms with Crippen molar-refractivity contribution in [1.29, 1.82) is 0 Å². The Balaban J connectivity index is 2.64. The first-order chi connectivity index (χ1) is 8.31. The van der Waals surface area contributed by atoms with Crippen molar-refractivity contribution in [2.24, 2.45) is 0 Å². The molecular weight excluding hydrogens is 269 g/mol. The second-order valence-electron chi connectivity index (χ2n) is 3.64. The van der Waals surface area contributed by atoms with Crippen LogP contribution in [0.25, 0.3) is 0 Å². The van der Waals surface area contributed by atoms with Crippen molar-refractivity contribution in [3.63, 3.8) is 0 Å². The average Bonchev–Trinajstić information content (AvgIpc) is 2.26. The van der Waals surface area contributed by atoms with Crippen LogP contribution in [-0.2, 0) is 6.42 Å². The lowest BCUT2D eigenvalue weighted by molar-refractivity contribution is -0.132. The van der Waals surface area contributed by atoms with Crippen LogP contribution in [0, 0.1) is 0 Å². The summed E-state index contributed by atoms with van der Waals surface area (Å²) < 4.78 is 35.7. The van der Waals surface area contributed by atoms with Gasteiger partial charge >= 0.3 is 6.18 Å². The number of carbonyl (C=O) groups excluding carboxylic acids is 1. The third-order valence-electron chi connectivity index (χ3n) is 2.17. The standard InChI is InChI=1S/C11H12ClF3N2O/c1-2-8-5-7(6-9(12)17-8)10(18)16-4-3-11(13,14)15/h5-6H,2-4H2,1H3,(H,16,18). The Bertz CT molecular complexity index is 435. The fourth-order valence-corrected chi connectivity index (χ4v) is 1.51. The minimum Gasteiger partial charge on any atom is -0.352 e. The number of alkyl halides is 3. The van der Waals surface area contributed by atoms with Crippen LogP contribution in [-0.4, -0.2) is 23.6 Å². The second kappa shape index (κ2) is 6.04. The van der Waals surface area contributed by atoms with Crippen molar-refractivity contribution >= 4 is 17.5 Å². The molecule has 1 heterocycles. The van der Waals surface area contributed by atoms with Crippen LogP contribution in [0.1, 0.15) is 29.4 Å². The molecule has 1 aromatic rings. The molecule has 0 fully saturated rings. The monoisotopic (exact) mass is 280 g/mol. The average molecular weight is 281 g/mol. The Hall–Kier alpha value is -1.30. The number of halogens is 4. The van der Waals surface area contributed by atoms with Crippen molar-refractivity contribution in [3.05, 3.63) is 28.5 Å². The lowest BCUT2D eigenvalue weighted by Gasteiger charge is -2.08. The maximum absolute atomic E-state index is 11.9. The zero-order valence-corrected chi connectivity index (χ0v) is 10.4. The van der Waals surface area contributed by atoms with Crippen molar-refractivity contribution in [2.75, 3.05) is 6.54 Å². The molecule has 1 aromatic heterocycles. The lowest BCUT2D eigenvalue weighted by Crippen LogP contribution is -2.28. The van der Waals surface area contributed by atoms with Crippen LogP contribution < -0.4 is 5.32 Å². The fourth-order valence-electron chi connectivity index (χ4n) is 1.28. The molecule has 1 rings (SSSR count). The zero-order chi connectivity index (χ0) is 13.8. The SMILES string of the molecule is CCc1cc(C(=O)NCCC(F)(F)F)cc(Cl)n1. The van der Waals surface area contributed by atoms with Crippen molar-refractivity contribution < 1.29 is 18.0 Å². The molecule has 0 unspecified atom stereocenters. The van der Waals surface area contributed by atoms with E-state index in [2.05, 4.69) is 10.3 Å². The van der Waals surface area contributed by atoms with Crippen LogP contribution in [0.2, 0.25) is 5.15 Å². The van der Waals surface area contributed by atoms with Crippen LogP contribution in [0.5, 0.6) is 0 Å². The lowest BCUT2D eigenvalue weighted by atomic mass is 10.2. The van der Waals surface area contributed by atoms with Gasteiger partial charge in [-0.05, 0) is 18.6 Å². The summed E-state index contributed by atoms with van der Waals surface area (Å²) in [6.07, 6.45) is -4.75. The van der Waals surface area contributed by atoms with Gasteiger partial charge in [-0.1, -0.05) is 18.5 Å². The Morgan fingerprint density at radius 3 is 2.67 bits per heavy atom.